The molecule has 1 atom stereocenters. The second-order valence-corrected chi connectivity index (χ2v) is 8.02. The molecule has 0 spiro atoms. The Morgan fingerprint density at radius 3 is 2.10 bits per heavy atom. The number of carbonyl (C=O) groups excluding carboxylic acids is 3. The van der Waals surface area contributed by atoms with Gasteiger partial charge in [0.1, 0.15) is 5.60 Å². The smallest absolute Gasteiger partial charge is 0.409 e. The third-order valence-corrected chi connectivity index (χ3v) is 4.48. The van der Waals surface area contributed by atoms with Crippen molar-refractivity contribution in [3.8, 4) is 0 Å². The molecule has 0 aromatic heterocycles. The van der Waals surface area contributed by atoms with Gasteiger partial charge in [0.05, 0.1) is 18.2 Å². The van der Waals surface area contributed by atoms with Crippen LogP contribution in [0, 0.1) is 0 Å². The summed E-state index contributed by atoms with van der Waals surface area (Å²) in [6.07, 6.45) is 0.0138. The standard InChI is InChI=1S/C21H31N3O5/c1-5-28-20(27)24-12-10-23(11-13-24)18(25)17(22)14-15-6-8-16(9-7-15)19(26)29-21(2,3)4/h6-9,17H,5,10-14,22H2,1-4H3. The lowest BCUT2D eigenvalue weighted by Gasteiger charge is -2.35. The molecule has 1 aromatic carbocycles. The van der Waals surface area contributed by atoms with E-state index >= 15 is 0 Å². The Kier molecular flexibility index (Phi) is 7.61. The topological polar surface area (TPSA) is 102 Å². The zero-order valence-electron chi connectivity index (χ0n) is 17.6. The zero-order valence-corrected chi connectivity index (χ0v) is 17.6. The van der Waals surface area contributed by atoms with Gasteiger partial charge in [-0.2, -0.15) is 0 Å². The van der Waals surface area contributed by atoms with Gasteiger partial charge in [0, 0.05) is 26.2 Å². The Labute approximate surface area is 171 Å². The van der Waals surface area contributed by atoms with Gasteiger partial charge >= 0.3 is 12.1 Å². The van der Waals surface area contributed by atoms with E-state index in [4.69, 9.17) is 15.2 Å². The van der Waals surface area contributed by atoms with Crippen LogP contribution in [-0.2, 0) is 20.7 Å². The van der Waals surface area contributed by atoms with Gasteiger partial charge in [-0.15, -0.1) is 0 Å². The largest absolute Gasteiger partial charge is 0.456 e. The number of rotatable bonds is 5. The second-order valence-electron chi connectivity index (χ2n) is 8.02. The van der Waals surface area contributed by atoms with Gasteiger partial charge in [0.15, 0.2) is 0 Å². The van der Waals surface area contributed by atoms with E-state index in [9.17, 15) is 14.4 Å². The first-order valence-corrected chi connectivity index (χ1v) is 9.89. The van der Waals surface area contributed by atoms with E-state index < -0.39 is 11.6 Å². The summed E-state index contributed by atoms with van der Waals surface area (Å²) < 4.78 is 10.3. The molecule has 0 saturated carbocycles. The van der Waals surface area contributed by atoms with E-state index in [-0.39, 0.29) is 18.0 Å². The molecule has 1 saturated heterocycles. The molecule has 8 heteroatoms. The highest BCUT2D eigenvalue weighted by Crippen LogP contribution is 2.14. The predicted molar refractivity (Wildman–Crippen MR) is 108 cm³/mol. The maximum absolute atomic E-state index is 12.6. The fourth-order valence-corrected chi connectivity index (χ4v) is 3.01. The van der Waals surface area contributed by atoms with Crippen molar-refractivity contribution in [2.45, 2.75) is 45.8 Å². The van der Waals surface area contributed by atoms with E-state index in [1.807, 2.05) is 20.8 Å². The second kappa shape index (κ2) is 9.73. The van der Waals surface area contributed by atoms with Crippen molar-refractivity contribution in [3.05, 3.63) is 35.4 Å². The van der Waals surface area contributed by atoms with Gasteiger partial charge in [-0.1, -0.05) is 12.1 Å². The van der Waals surface area contributed by atoms with Crippen molar-refractivity contribution in [1.29, 1.82) is 0 Å². The summed E-state index contributed by atoms with van der Waals surface area (Å²) in [5.41, 5.74) is 6.88. The summed E-state index contributed by atoms with van der Waals surface area (Å²) in [5.74, 6) is -0.534. The van der Waals surface area contributed by atoms with E-state index in [2.05, 4.69) is 0 Å². The Hall–Kier alpha value is -2.61. The Bertz CT molecular complexity index is 719. The van der Waals surface area contributed by atoms with Crippen LogP contribution in [0.3, 0.4) is 0 Å². The number of carbonyl (C=O) groups is 3. The quantitative estimate of drug-likeness (QED) is 0.750. The average Bonchev–Trinajstić information content (AvgIpc) is 2.67. The molecule has 0 radical (unpaired) electrons. The van der Waals surface area contributed by atoms with Gasteiger partial charge in [0.25, 0.3) is 0 Å². The number of hydrogen-bond donors (Lipinski definition) is 1. The molecule has 29 heavy (non-hydrogen) atoms. The summed E-state index contributed by atoms with van der Waals surface area (Å²) in [6, 6.07) is 6.24. The molecule has 1 heterocycles. The number of ether oxygens (including phenoxy) is 2. The summed E-state index contributed by atoms with van der Waals surface area (Å²) in [4.78, 5) is 39.7. The fraction of sp³-hybridized carbons (Fsp3) is 0.571. The molecule has 1 unspecified atom stereocenters. The average molecular weight is 405 g/mol. The lowest BCUT2D eigenvalue weighted by Crippen LogP contribution is -2.54. The van der Waals surface area contributed by atoms with Crippen LogP contribution < -0.4 is 5.73 Å². The molecule has 8 nitrogen and oxygen atoms in total. The molecule has 0 bridgehead atoms. The van der Waals surface area contributed by atoms with Gasteiger partial charge in [-0.05, 0) is 51.8 Å². The first-order valence-electron chi connectivity index (χ1n) is 9.89. The lowest BCUT2D eigenvalue weighted by molar-refractivity contribution is -0.134. The summed E-state index contributed by atoms with van der Waals surface area (Å²) in [6.45, 7) is 9.27. The predicted octanol–water partition coefficient (Wildman–Crippen LogP) is 1.81. The van der Waals surface area contributed by atoms with Crippen LogP contribution in [0.25, 0.3) is 0 Å². The monoisotopic (exact) mass is 405 g/mol. The van der Waals surface area contributed by atoms with E-state index in [0.717, 1.165) is 5.56 Å². The molecule has 2 rings (SSSR count). The first kappa shape index (κ1) is 22.7. The van der Waals surface area contributed by atoms with Gasteiger partial charge in [-0.25, -0.2) is 9.59 Å². The van der Waals surface area contributed by atoms with Crippen molar-refractivity contribution >= 4 is 18.0 Å². The van der Waals surface area contributed by atoms with Gasteiger partial charge in [-0.3, -0.25) is 4.79 Å². The minimum Gasteiger partial charge on any atom is -0.456 e. The molecule has 1 aliphatic heterocycles. The highest BCUT2D eigenvalue weighted by molar-refractivity contribution is 5.89. The van der Waals surface area contributed by atoms with Gasteiger partial charge in [0.2, 0.25) is 5.91 Å². The molecule has 160 valence electrons. The van der Waals surface area contributed by atoms with Crippen LogP contribution in [-0.4, -0.2) is 72.2 Å². The van der Waals surface area contributed by atoms with Crippen LogP contribution in [0.5, 0.6) is 0 Å². The van der Waals surface area contributed by atoms with Crippen LogP contribution in [0.4, 0.5) is 4.79 Å². The maximum atomic E-state index is 12.6. The van der Waals surface area contributed by atoms with Crippen molar-refractivity contribution < 1.29 is 23.9 Å². The van der Waals surface area contributed by atoms with Crippen LogP contribution in [0.2, 0.25) is 0 Å². The normalized spacial score (nSPS) is 15.6. The minimum absolute atomic E-state index is 0.148. The fourth-order valence-electron chi connectivity index (χ4n) is 3.01. The number of piperazine rings is 1. The third-order valence-electron chi connectivity index (χ3n) is 4.48. The van der Waals surface area contributed by atoms with Gasteiger partial charge < -0.3 is 25.0 Å². The number of benzene rings is 1. The first-order chi connectivity index (χ1) is 13.6. The summed E-state index contributed by atoms with van der Waals surface area (Å²) >= 11 is 0. The highest BCUT2D eigenvalue weighted by Gasteiger charge is 2.28. The molecule has 2 amide bonds. The molecule has 1 fully saturated rings. The van der Waals surface area contributed by atoms with E-state index in [1.165, 1.54) is 0 Å². The number of esters is 1. The molecule has 1 aromatic rings. The van der Waals surface area contributed by atoms with Crippen LogP contribution in [0.15, 0.2) is 24.3 Å². The molecular weight excluding hydrogens is 374 g/mol. The van der Waals surface area contributed by atoms with Crippen molar-refractivity contribution in [2.24, 2.45) is 5.73 Å². The molecule has 0 aliphatic carbocycles. The third kappa shape index (κ3) is 6.74. The minimum atomic E-state index is -0.684. The zero-order chi connectivity index (χ0) is 21.6. The highest BCUT2D eigenvalue weighted by atomic mass is 16.6. The molecular formula is C21H31N3O5. The van der Waals surface area contributed by atoms with Crippen molar-refractivity contribution in [2.75, 3.05) is 32.8 Å². The van der Waals surface area contributed by atoms with E-state index in [1.54, 1.807) is 41.0 Å². The SMILES string of the molecule is CCOC(=O)N1CCN(C(=O)C(N)Cc2ccc(C(=O)OC(C)(C)C)cc2)CC1. The number of amides is 2. The van der Waals surface area contributed by atoms with Crippen molar-refractivity contribution in [3.63, 3.8) is 0 Å². The van der Waals surface area contributed by atoms with Crippen molar-refractivity contribution in [1.82, 2.24) is 9.80 Å². The number of nitrogens with two attached hydrogens (primary N) is 1. The molecule has 2 N–H and O–H groups in total. The van der Waals surface area contributed by atoms with Crippen LogP contribution in [0.1, 0.15) is 43.6 Å². The number of nitrogens with zero attached hydrogens (tertiary/aromatic N) is 2. The van der Waals surface area contributed by atoms with E-state index in [0.29, 0.717) is 44.8 Å². The molecule has 1 aliphatic rings. The maximum Gasteiger partial charge on any atom is 0.409 e. The summed E-state index contributed by atoms with van der Waals surface area (Å²) in [5, 5.41) is 0. The summed E-state index contributed by atoms with van der Waals surface area (Å²) in [7, 11) is 0. The van der Waals surface area contributed by atoms with Crippen LogP contribution >= 0.6 is 0 Å². The Balaban J connectivity index is 1.87. The lowest BCUT2D eigenvalue weighted by atomic mass is 10.0. The Morgan fingerprint density at radius 1 is 1.03 bits per heavy atom. The Morgan fingerprint density at radius 2 is 1.59 bits per heavy atom. The number of hydrogen-bond acceptors (Lipinski definition) is 6.